The number of carbonyl (C=O) groups is 4. The van der Waals surface area contributed by atoms with E-state index in [-0.39, 0.29) is 23.9 Å². The number of aromatic nitrogens is 1. The molecule has 2 aliphatic heterocycles. The number of rotatable bonds is 10. The maximum atomic E-state index is 12.9. The Kier molecular flexibility index (Phi) is 9.68. The monoisotopic (exact) mass is 630 g/mol. The van der Waals surface area contributed by atoms with Crippen LogP contribution in [0.2, 0.25) is 15.1 Å². The molecule has 39 heavy (non-hydrogen) atoms. The summed E-state index contributed by atoms with van der Waals surface area (Å²) in [5.41, 5.74) is 6.29. The number of β-lactam (4-membered cyclic amide) rings is 1. The van der Waals surface area contributed by atoms with Gasteiger partial charge in [0.05, 0.1) is 26.4 Å². The van der Waals surface area contributed by atoms with E-state index >= 15 is 0 Å². The van der Waals surface area contributed by atoms with Gasteiger partial charge >= 0.3 is 5.97 Å². The van der Waals surface area contributed by atoms with Gasteiger partial charge in [0.2, 0.25) is 5.91 Å². The first-order valence-electron chi connectivity index (χ1n) is 11.5. The summed E-state index contributed by atoms with van der Waals surface area (Å²) in [6, 6.07) is 5.44. The molecule has 2 aliphatic rings. The van der Waals surface area contributed by atoms with E-state index in [0.29, 0.717) is 49.9 Å². The van der Waals surface area contributed by atoms with Crippen LogP contribution in [-0.2, 0) is 20.9 Å². The van der Waals surface area contributed by atoms with Crippen molar-refractivity contribution in [2.75, 3.05) is 24.6 Å². The lowest BCUT2D eigenvalue weighted by atomic mass is 10.0. The van der Waals surface area contributed by atoms with Gasteiger partial charge in [-0.3, -0.25) is 19.3 Å². The summed E-state index contributed by atoms with van der Waals surface area (Å²) >= 11 is 20.6. The van der Waals surface area contributed by atoms with E-state index < -0.39 is 29.2 Å². The van der Waals surface area contributed by atoms with Crippen molar-refractivity contribution in [3.8, 4) is 0 Å². The Morgan fingerprint density at radius 3 is 2.51 bits per heavy atom. The van der Waals surface area contributed by atoms with Gasteiger partial charge in [-0.2, -0.15) is 0 Å². The second-order valence-electron chi connectivity index (χ2n) is 8.50. The minimum Gasteiger partial charge on any atom is -0.477 e. The predicted molar refractivity (Wildman–Crippen MR) is 150 cm³/mol. The number of carboxylic acid groups (broad SMARTS) is 1. The van der Waals surface area contributed by atoms with Crippen LogP contribution in [0.4, 0.5) is 0 Å². The lowest BCUT2D eigenvalue weighted by molar-refractivity contribution is -0.689. The van der Waals surface area contributed by atoms with E-state index in [9.17, 15) is 24.3 Å². The Hall–Kier alpha value is -2.48. The molecule has 3 heterocycles. The molecule has 0 bridgehead atoms. The molecule has 0 spiro atoms. The summed E-state index contributed by atoms with van der Waals surface area (Å²) < 4.78 is 1.73. The Morgan fingerprint density at radius 2 is 1.85 bits per heavy atom. The van der Waals surface area contributed by atoms with Crippen LogP contribution in [0.1, 0.15) is 10.4 Å². The molecule has 3 amide bonds. The van der Waals surface area contributed by atoms with Crippen LogP contribution in [0, 0.1) is 0 Å². The van der Waals surface area contributed by atoms with Crippen molar-refractivity contribution in [3.05, 3.63) is 68.6 Å². The molecule has 4 rings (SSSR count). The average Bonchev–Trinajstić information content (AvgIpc) is 2.91. The fraction of sp³-hybridized carbons (Fsp3) is 0.292. The van der Waals surface area contributed by atoms with Gasteiger partial charge in [0.1, 0.15) is 17.1 Å². The number of nitrogens with one attached hydrogen (secondary N) is 2. The zero-order valence-electron chi connectivity index (χ0n) is 20.2. The molecule has 206 valence electrons. The van der Waals surface area contributed by atoms with Crippen molar-refractivity contribution in [1.82, 2.24) is 15.5 Å². The van der Waals surface area contributed by atoms with E-state index in [1.165, 1.54) is 22.7 Å². The van der Waals surface area contributed by atoms with E-state index in [2.05, 4.69) is 10.6 Å². The number of aliphatic carboxylic acids is 1. The van der Waals surface area contributed by atoms with Crippen molar-refractivity contribution >= 4 is 82.0 Å². The summed E-state index contributed by atoms with van der Waals surface area (Å²) in [5, 5.41) is 15.7. The fourth-order valence-corrected chi connectivity index (χ4v) is 6.88. The highest BCUT2D eigenvalue weighted by atomic mass is 35.5. The van der Waals surface area contributed by atoms with Gasteiger partial charge < -0.3 is 21.5 Å². The number of halogens is 3. The molecule has 0 radical (unpaired) electrons. The van der Waals surface area contributed by atoms with E-state index in [4.69, 9.17) is 40.5 Å². The highest BCUT2D eigenvalue weighted by Gasteiger charge is 2.54. The van der Waals surface area contributed by atoms with Crippen LogP contribution < -0.4 is 20.9 Å². The SMILES string of the molecule is NCCNC(=O)c1cc[n+](CC2=C(C(=O)O)N3C(=O)[C@H](NC(=O)CSc4cc(Cl)c(Cl)cc4Cl)[C@H]3SC2)cc1. The third-order valence-corrected chi connectivity index (χ3v) is 9.40. The summed E-state index contributed by atoms with van der Waals surface area (Å²) in [6.45, 7) is 0.903. The highest BCUT2D eigenvalue weighted by molar-refractivity contribution is 8.00. The highest BCUT2D eigenvalue weighted by Crippen LogP contribution is 2.40. The number of benzene rings is 1. The van der Waals surface area contributed by atoms with Crippen LogP contribution >= 0.6 is 58.3 Å². The topological polar surface area (TPSA) is 146 Å². The quantitative estimate of drug-likeness (QED) is 0.135. The maximum Gasteiger partial charge on any atom is 0.352 e. The average molecular weight is 632 g/mol. The number of thioether (sulfide) groups is 2. The number of amides is 3. The van der Waals surface area contributed by atoms with Gasteiger partial charge in [0.15, 0.2) is 18.9 Å². The number of nitrogens with two attached hydrogens (primary N) is 1. The second-order valence-corrected chi connectivity index (χ2v) is 11.8. The summed E-state index contributed by atoms with van der Waals surface area (Å²) in [4.78, 5) is 51.5. The van der Waals surface area contributed by atoms with Crippen molar-refractivity contribution in [2.45, 2.75) is 22.9 Å². The Balaban J connectivity index is 1.39. The molecule has 1 fully saturated rings. The Labute approximate surface area is 247 Å². The summed E-state index contributed by atoms with van der Waals surface area (Å²) in [5.74, 6) is -2.06. The van der Waals surface area contributed by atoms with Gasteiger partial charge in [0.25, 0.3) is 11.8 Å². The minimum atomic E-state index is -1.23. The van der Waals surface area contributed by atoms with Crippen LogP contribution in [-0.4, -0.2) is 69.7 Å². The number of hydrogen-bond donors (Lipinski definition) is 4. The molecule has 1 saturated heterocycles. The molecule has 2 atom stereocenters. The first kappa shape index (κ1) is 29.5. The van der Waals surface area contributed by atoms with E-state index in [1.54, 1.807) is 35.2 Å². The molecule has 1 aromatic heterocycles. The number of carbonyl (C=O) groups excluding carboxylic acids is 3. The van der Waals surface area contributed by atoms with Crippen LogP contribution in [0.15, 0.2) is 52.8 Å². The number of fused-ring (bicyclic) bond motifs is 1. The Bertz CT molecular complexity index is 1360. The third-order valence-electron chi connectivity index (χ3n) is 5.86. The number of carboxylic acids is 1. The maximum absolute atomic E-state index is 12.9. The lowest BCUT2D eigenvalue weighted by Gasteiger charge is -2.49. The largest absolute Gasteiger partial charge is 0.477 e. The molecular formula is C24H23Cl3N5O5S2+. The number of hydrogen-bond acceptors (Lipinski definition) is 7. The zero-order valence-corrected chi connectivity index (χ0v) is 24.1. The summed E-state index contributed by atoms with van der Waals surface area (Å²) in [6.07, 6.45) is 3.33. The standard InChI is InChI=1S/C24H22Cl3N5O5S2/c25-14-7-16(27)17(8-15(14)26)38-11-18(33)30-19-22(35)32-20(24(36)37)13(10-39-23(19)32)9-31-5-1-12(2-6-31)21(34)29-4-3-28/h1-2,5-8,19,23H,3-4,9-11,28H2,(H2-,29,30,33,34,36,37)/p+1/t19-,23+/m0/s1. The number of pyridine rings is 1. The number of nitrogens with zero attached hydrogens (tertiary/aromatic N) is 2. The molecule has 10 nitrogen and oxygen atoms in total. The molecule has 0 saturated carbocycles. The molecule has 0 unspecified atom stereocenters. The molecule has 1 aromatic carbocycles. The van der Waals surface area contributed by atoms with E-state index in [0.717, 1.165) is 11.8 Å². The van der Waals surface area contributed by atoms with Crippen LogP contribution in [0.25, 0.3) is 0 Å². The van der Waals surface area contributed by atoms with Gasteiger partial charge in [0, 0.05) is 41.4 Å². The molecule has 5 N–H and O–H groups in total. The van der Waals surface area contributed by atoms with Gasteiger partial charge in [-0.25, -0.2) is 9.36 Å². The van der Waals surface area contributed by atoms with Crippen molar-refractivity contribution in [3.63, 3.8) is 0 Å². The van der Waals surface area contributed by atoms with Gasteiger partial charge in [-0.05, 0) is 12.1 Å². The summed E-state index contributed by atoms with van der Waals surface area (Å²) in [7, 11) is 0. The van der Waals surface area contributed by atoms with Crippen molar-refractivity contribution < 1.29 is 28.9 Å². The van der Waals surface area contributed by atoms with Gasteiger partial charge in [-0.15, -0.1) is 23.5 Å². The first-order valence-corrected chi connectivity index (χ1v) is 14.7. The smallest absolute Gasteiger partial charge is 0.352 e. The lowest BCUT2D eigenvalue weighted by Crippen LogP contribution is -2.70. The van der Waals surface area contributed by atoms with Crippen LogP contribution in [0.5, 0.6) is 0 Å². The van der Waals surface area contributed by atoms with Crippen LogP contribution in [0.3, 0.4) is 0 Å². The molecule has 2 aromatic rings. The Morgan fingerprint density at radius 1 is 1.15 bits per heavy atom. The second kappa shape index (κ2) is 12.8. The molecule has 15 heteroatoms. The third kappa shape index (κ3) is 6.64. The normalized spacial score (nSPS) is 18.4. The predicted octanol–water partition coefficient (Wildman–Crippen LogP) is 2.15. The zero-order chi connectivity index (χ0) is 28.3. The first-order chi connectivity index (χ1) is 18.6. The van der Waals surface area contributed by atoms with Crippen molar-refractivity contribution in [1.29, 1.82) is 0 Å². The van der Waals surface area contributed by atoms with Crippen molar-refractivity contribution in [2.24, 2.45) is 5.73 Å². The fourth-order valence-electron chi connectivity index (χ4n) is 4.00. The molecule has 0 aliphatic carbocycles. The van der Waals surface area contributed by atoms with Gasteiger partial charge in [-0.1, -0.05) is 34.8 Å². The molecular weight excluding hydrogens is 609 g/mol. The van der Waals surface area contributed by atoms with E-state index in [1.807, 2.05) is 0 Å². The minimum absolute atomic E-state index is 0.0252.